The molecular formula is C17H20F3N3O2. The van der Waals surface area contributed by atoms with Crippen LogP contribution in [0.5, 0.6) is 11.6 Å². The van der Waals surface area contributed by atoms with Gasteiger partial charge in [0.15, 0.2) is 0 Å². The Hall–Kier alpha value is -2.51. The fourth-order valence-electron chi connectivity index (χ4n) is 2.19. The number of anilines is 2. The van der Waals surface area contributed by atoms with E-state index in [9.17, 15) is 13.2 Å². The van der Waals surface area contributed by atoms with Crippen LogP contribution < -0.4 is 14.4 Å². The third kappa shape index (κ3) is 4.52. The van der Waals surface area contributed by atoms with Gasteiger partial charge in [-0.25, -0.2) is 4.98 Å². The highest BCUT2D eigenvalue weighted by atomic mass is 19.4. The van der Waals surface area contributed by atoms with E-state index in [0.717, 1.165) is 11.9 Å². The van der Waals surface area contributed by atoms with E-state index in [4.69, 9.17) is 9.47 Å². The van der Waals surface area contributed by atoms with Gasteiger partial charge in [0.25, 0.3) is 0 Å². The Morgan fingerprint density at radius 3 is 2.32 bits per heavy atom. The fourth-order valence-corrected chi connectivity index (χ4v) is 2.19. The van der Waals surface area contributed by atoms with Crippen molar-refractivity contribution in [2.75, 3.05) is 25.2 Å². The van der Waals surface area contributed by atoms with Crippen LogP contribution in [0.25, 0.3) is 0 Å². The third-order valence-electron chi connectivity index (χ3n) is 3.43. The lowest BCUT2D eigenvalue weighted by Crippen LogP contribution is -2.21. The highest BCUT2D eigenvalue weighted by Gasteiger charge is 2.36. The first-order valence-electron chi connectivity index (χ1n) is 7.89. The van der Waals surface area contributed by atoms with Crippen LogP contribution in [0, 0.1) is 0 Å². The van der Waals surface area contributed by atoms with Crippen LogP contribution >= 0.6 is 0 Å². The molecule has 8 heteroatoms. The number of methoxy groups -OCH3 is 1. The molecule has 0 aliphatic carbocycles. The van der Waals surface area contributed by atoms with Crippen LogP contribution in [-0.4, -0.2) is 30.2 Å². The van der Waals surface area contributed by atoms with E-state index in [1.165, 1.54) is 0 Å². The van der Waals surface area contributed by atoms with Gasteiger partial charge in [0.1, 0.15) is 11.3 Å². The molecule has 0 saturated heterocycles. The highest BCUT2D eigenvalue weighted by Crippen LogP contribution is 2.36. The maximum absolute atomic E-state index is 13.1. The first-order chi connectivity index (χ1) is 11.9. The van der Waals surface area contributed by atoms with Crippen LogP contribution in [0.3, 0.4) is 0 Å². The lowest BCUT2D eigenvalue weighted by Gasteiger charge is -2.22. The molecule has 1 aromatic heterocycles. The van der Waals surface area contributed by atoms with Crippen LogP contribution in [0.4, 0.5) is 24.8 Å². The van der Waals surface area contributed by atoms with E-state index in [-0.39, 0.29) is 12.6 Å². The molecule has 1 aromatic carbocycles. The second kappa shape index (κ2) is 8.04. The zero-order chi connectivity index (χ0) is 18.4. The number of halogens is 3. The van der Waals surface area contributed by atoms with E-state index in [1.54, 1.807) is 36.3 Å². The predicted octanol–water partition coefficient (Wildman–Crippen LogP) is 4.45. The standard InChI is InChI=1S/C17H20F3N3O2/c1-4-10-25-15-14(17(18,19)20)11-21-16(22-15)23(5-2)12-6-8-13(24-3)9-7-12/h6-9,11H,4-5,10H2,1-3H3. The number of hydrogen-bond donors (Lipinski definition) is 0. The molecule has 0 atom stereocenters. The van der Waals surface area contributed by atoms with E-state index in [2.05, 4.69) is 9.97 Å². The Labute approximate surface area is 144 Å². The molecule has 136 valence electrons. The summed E-state index contributed by atoms with van der Waals surface area (Å²) in [5.74, 6) is 0.373. The minimum atomic E-state index is -4.57. The number of benzene rings is 1. The van der Waals surface area contributed by atoms with Crippen molar-refractivity contribution in [3.05, 3.63) is 36.0 Å². The normalized spacial score (nSPS) is 11.3. The number of hydrogen-bond acceptors (Lipinski definition) is 5. The van der Waals surface area contributed by atoms with E-state index in [0.29, 0.717) is 18.7 Å². The zero-order valence-corrected chi connectivity index (χ0v) is 14.3. The molecule has 0 fully saturated rings. The smallest absolute Gasteiger partial charge is 0.423 e. The van der Waals surface area contributed by atoms with Gasteiger partial charge in [0.2, 0.25) is 11.8 Å². The Balaban J connectivity index is 2.41. The number of aromatic nitrogens is 2. The van der Waals surface area contributed by atoms with Gasteiger partial charge in [-0.05, 0) is 37.6 Å². The van der Waals surface area contributed by atoms with Gasteiger partial charge in [-0.1, -0.05) is 6.92 Å². The second-order valence-electron chi connectivity index (χ2n) is 5.18. The molecule has 0 aliphatic rings. The summed E-state index contributed by atoms with van der Waals surface area (Å²) in [5.41, 5.74) is -0.236. The van der Waals surface area contributed by atoms with Crippen molar-refractivity contribution in [3.63, 3.8) is 0 Å². The van der Waals surface area contributed by atoms with Crippen molar-refractivity contribution in [1.29, 1.82) is 0 Å². The second-order valence-corrected chi connectivity index (χ2v) is 5.18. The van der Waals surface area contributed by atoms with Gasteiger partial charge < -0.3 is 14.4 Å². The molecule has 2 aromatic rings. The molecule has 1 heterocycles. The number of rotatable bonds is 7. The molecule has 2 rings (SSSR count). The summed E-state index contributed by atoms with van der Waals surface area (Å²) in [6.07, 6.45) is -3.23. The van der Waals surface area contributed by atoms with Crippen LogP contribution in [0.2, 0.25) is 0 Å². The Kier molecular flexibility index (Phi) is 6.06. The summed E-state index contributed by atoms with van der Waals surface area (Å²) in [4.78, 5) is 9.59. The Morgan fingerprint density at radius 1 is 1.12 bits per heavy atom. The highest BCUT2D eigenvalue weighted by molar-refractivity contribution is 5.58. The van der Waals surface area contributed by atoms with E-state index < -0.39 is 17.6 Å². The van der Waals surface area contributed by atoms with Crippen molar-refractivity contribution in [2.45, 2.75) is 26.4 Å². The van der Waals surface area contributed by atoms with Crippen molar-refractivity contribution < 1.29 is 22.6 Å². The molecular weight excluding hydrogens is 335 g/mol. The summed E-state index contributed by atoms with van der Waals surface area (Å²) in [5, 5.41) is 0. The monoisotopic (exact) mass is 355 g/mol. The molecule has 5 nitrogen and oxygen atoms in total. The quantitative estimate of drug-likeness (QED) is 0.734. The summed E-state index contributed by atoms with van der Waals surface area (Å²) in [6.45, 7) is 4.29. The minimum absolute atomic E-state index is 0.145. The molecule has 0 radical (unpaired) electrons. The van der Waals surface area contributed by atoms with Crippen molar-refractivity contribution in [1.82, 2.24) is 9.97 Å². The fraction of sp³-hybridized carbons (Fsp3) is 0.412. The summed E-state index contributed by atoms with van der Waals surface area (Å²) >= 11 is 0. The van der Waals surface area contributed by atoms with Gasteiger partial charge in [0.05, 0.1) is 13.7 Å². The summed E-state index contributed by atoms with van der Waals surface area (Å²) in [6, 6.07) is 7.10. The van der Waals surface area contributed by atoms with Gasteiger partial charge in [0, 0.05) is 18.4 Å². The number of nitrogens with zero attached hydrogens (tertiary/aromatic N) is 3. The first kappa shape index (κ1) is 18.8. The molecule has 0 saturated carbocycles. The molecule has 0 amide bonds. The van der Waals surface area contributed by atoms with Gasteiger partial charge >= 0.3 is 6.18 Å². The number of ether oxygens (including phenoxy) is 2. The molecule has 0 unspecified atom stereocenters. The summed E-state index contributed by atoms with van der Waals surface area (Å²) in [7, 11) is 1.56. The first-order valence-corrected chi connectivity index (χ1v) is 7.89. The van der Waals surface area contributed by atoms with Crippen molar-refractivity contribution in [2.24, 2.45) is 0 Å². The molecule has 25 heavy (non-hydrogen) atoms. The predicted molar refractivity (Wildman–Crippen MR) is 88.5 cm³/mol. The van der Waals surface area contributed by atoms with Crippen LogP contribution in [0.1, 0.15) is 25.8 Å². The lowest BCUT2D eigenvalue weighted by atomic mass is 10.2. The van der Waals surface area contributed by atoms with Gasteiger partial charge in [-0.15, -0.1) is 0 Å². The summed E-state index contributed by atoms with van der Waals surface area (Å²) < 4.78 is 49.6. The molecule has 0 bridgehead atoms. The van der Waals surface area contributed by atoms with Crippen LogP contribution in [-0.2, 0) is 6.18 Å². The van der Waals surface area contributed by atoms with Crippen LogP contribution in [0.15, 0.2) is 30.5 Å². The number of alkyl halides is 3. The van der Waals surface area contributed by atoms with Crippen molar-refractivity contribution >= 4 is 11.6 Å². The van der Waals surface area contributed by atoms with E-state index >= 15 is 0 Å². The average molecular weight is 355 g/mol. The maximum atomic E-state index is 13.1. The maximum Gasteiger partial charge on any atom is 0.423 e. The lowest BCUT2D eigenvalue weighted by molar-refractivity contribution is -0.139. The minimum Gasteiger partial charge on any atom is -0.497 e. The SMILES string of the molecule is CCCOc1nc(N(CC)c2ccc(OC)cc2)ncc1C(F)(F)F. The molecule has 0 N–H and O–H groups in total. The van der Waals surface area contributed by atoms with E-state index in [1.807, 2.05) is 13.8 Å². The van der Waals surface area contributed by atoms with Gasteiger partial charge in [-0.2, -0.15) is 18.2 Å². The Morgan fingerprint density at radius 2 is 1.80 bits per heavy atom. The zero-order valence-electron chi connectivity index (χ0n) is 14.3. The third-order valence-corrected chi connectivity index (χ3v) is 3.43. The topological polar surface area (TPSA) is 47.5 Å². The largest absolute Gasteiger partial charge is 0.497 e. The molecule has 0 spiro atoms. The van der Waals surface area contributed by atoms with Gasteiger partial charge in [-0.3, -0.25) is 0 Å². The Bertz CT molecular complexity index is 691. The molecule has 0 aliphatic heterocycles. The van der Waals surface area contributed by atoms with Crippen molar-refractivity contribution in [3.8, 4) is 11.6 Å². The average Bonchev–Trinajstić information content (AvgIpc) is 2.60.